The van der Waals surface area contributed by atoms with E-state index in [0.717, 1.165) is 4.90 Å². The second-order valence-corrected chi connectivity index (χ2v) is 7.74. The van der Waals surface area contributed by atoms with Crippen LogP contribution in [0.15, 0.2) is 54.1 Å². The van der Waals surface area contributed by atoms with Gasteiger partial charge in [-0.25, -0.2) is 9.69 Å². The van der Waals surface area contributed by atoms with E-state index in [0.29, 0.717) is 55.7 Å². The predicted molar refractivity (Wildman–Crippen MR) is 126 cm³/mol. The maximum atomic E-state index is 13.0. The SMILES string of the molecule is CCOc1ccc(N2C(=O)NC(=O)/C(=C\c3ccc(OCC(=O)N4CCOCC4)cc3)C2=O)cc1. The molecule has 0 spiro atoms. The molecular formula is C25H25N3O7. The minimum Gasteiger partial charge on any atom is -0.494 e. The first-order valence-electron chi connectivity index (χ1n) is 11.2. The molecule has 0 atom stereocenters. The Hall–Kier alpha value is -4.18. The molecule has 5 amide bonds. The number of nitrogens with one attached hydrogen (secondary N) is 1. The highest BCUT2D eigenvalue weighted by Gasteiger charge is 2.36. The van der Waals surface area contributed by atoms with Crippen molar-refractivity contribution in [2.45, 2.75) is 6.92 Å². The molecular weight excluding hydrogens is 454 g/mol. The van der Waals surface area contributed by atoms with Gasteiger partial charge in [0.15, 0.2) is 6.61 Å². The number of hydrogen-bond donors (Lipinski definition) is 1. The van der Waals surface area contributed by atoms with Crippen molar-refractivity contribution in [1.82, 2.24) is 10.2 Å². The van der Waals surface area contributed by atoms with Crippen LogP contribution in [0.5, 0.6) is 11.5 Å². The minimum atomic E-state index is -0.824. The lowest BCUT2D eigenvalue weighted by Crippen LogP contribution is -2.54. The topological polar surface area (TPSA) is 114 Å². The summed E-state index contributed by atoms with van der Waals surface area (Å²) in [4.78, 5) is 52.6. The fourth-order valence-electron chi connectivity index (χ4n) is 3.63. The number of nitrogens with zero attached hydrogens (tertiary/aromatic N) is 2. The number of ether oxygens (including phenoxy) is 3. The highest BCUT2D eigenvalue weighted by atomic mass is 16.5. The molecule has 4 rings (SSSR count). The van der Waals surface area contributed by atoms with Crippen LogP contribution in [0.4, 0.5) is 10.5 Å². The van der Waals surface area contributed by atoms with Crippen LogP contribution in [-0.4, -0.2) is 68.2 Å². The van der Waals surface area contributed by atoms with Crippen LogP contribution in [0.2, 0.25) is 0 Å². The van der Waals surface area contributed by atoms with Crippen molar-refractivity contribution in [2.24, 2.45) is 0 Å². The first-order valence-corrected chi connectivity index (χ1v) is 11.2. The lowest BCUT2D eigenvalue weighted by Gasteiger charge is -2.26. The quantitative estimate of drug-likeness (QED) is 0.477. The Bertz CT molecular complexity index is 1140. The van der Waals surface area contributed by atoms with E-state index in [2.05, 4.69) is 5.32 Å². The Morgan fingerprint density at radius 3 is 2.26 bits per heavy atom. The van der Waals surface area contributed by atoms with Gasteiger partial charge in [-0.2, -0.15) is 0 Å². The molecule has 35 heavy (non-hydrogen) atoms. The second kappa shape index (κ2) is 10.8. The van der Waals surface area contributed by atoms with Crippen molar-refractivity contribution in [3.8, 4) is 11.5 Å². The minimum absolute atomic E-state index is 0.0967. The molecule has 0 aliphatic carbocycles. The third-order valence-corrected chi connectivity index (χ3v) is 5.42. The molecule has 2 aliphatic rings. The molecule has 0 unspecified atom stereocenters. The second-order valence-electron chi connectivity index (χ2n) is 7.74. The van der Waals surface area contributed by atoms with E-state index < -0.39 is 17.8 Å². The molecule has 2 heterocycles. The predicted octanol–water partition coefficient (Wildman–Crippen LogP) is 1.99. The fourth-order valence-corrected chi connectivity index (χ4v) is 3.63. The Morgan fingerprint density at radius 1 is 0.971 bits per heavy atom. The van der Waals surface area contributed by atoms with Crippen LogP contribution in [0.1, 0.15) is 12.5 Å². The Morgan fingerprint density at radius 2 is 1.60 bits per heavy atom. The van der Waals surface area contributed by atoms with Crippen LogP contribution in [0.3, 0.4) is 0 Å². The molecule has 0 bridgehead atoms. The van der Waals surface area contributed by atoms with Crippen LogP contribution in [-0.2, 0) is 19.1 Å². The van der Waals surface area contributed by atoms with E-state index in [1.165, 1.54) is 6.08 Å². The maximum Gasteiger partial charge on any atom is 0.335 e. The smallest absolute Gasteiger partial charge is 0.335 e. The Labute approximate surface area is 202 Å². The summed E-state index contributed by atoms with van der Waals surface area (Å²) in [6.45, 7) is 4.36. The molecule has 2 aromatic carbocycles. The molecule has 1 N–H and O–H groups in total. The monoisotopic (exact) mass is 479 g/mol. The molecule has 0 aromatic heterocycles. The van der Waals surface area contributed by atoms with Crippen molar-refractivity contribution in [3.63, 3.8) is 0 Å². The van der Waals surface area contributed by atoms with Gasteiger partial charge >= 0.3 is 6.03 Å². The molecule has 0 saturated carbocycles. The largest absolute Gasteiger partial charge is 0.494 e. The summed E-state index contributed by atoms with van der Waals surface area (Å²) < 4.78 is 16.2. The molecule has 2 aromatic rings. The van der Waals surface area contributed by atoms with E-state index >= 15 is 0 Å². The number of rotatable bonds is 7. The van der Waals surface area contributed by atoms with E-state index in [4.69, 9.17) is 14.2 Å². The third kappa shape index (κ3) is 5.67. The lowest BCUT2D eigenvalue weighted by atomic mass is 10.1. The van der Waals surface area contributed by atoms with E-state index in [1.807, 2.05) is 6.92 Å². The molecule has 2 saturated heterocycles. The summed E-state index contributed by atoms with van der Waals surface area (Å²) in [6, 6.07) is 12.2. The van der Waals surface area contributed by atoms with Crippen molar-refractivity contribution in [3.05, 3.63) is 59.7 Å². The standard InChI is InChI=1S/C25H25N3O7/c1-2-34-19-9-5-18(6-10-19)28-24(31)21(23(30)26-25(28)32)15-17-3-7-20(8-4-17)35-16-22(29)27-11-13-33-14-12-27/h3-10,15H,2,11-14,16H2,1H3,(H,26,30,32)/b21-15+. The summed E-state index contributed by atoms with van der Waals surface area (Å²) in [5.74, 6) is -0.567. The summed E-state index contributed by atoms with van der Waals surface area (Å²) in [5, 5.41) is 2.20. The van der Waals surface area contributed by atoms with Crippen molar-refractivity contribution in [2.75, 3.05) is 44.4 Å². The van der Waals surface area contributed by atoms with Gasteiger partial charge < -0.3 is 19.1 Å². The summed E-state index contributed by atoms with van der Waals surface area (Å²) >= 11 is 0. The molecule has 10 heteroatoms. The van der Waals surface area contributed by atoms with Gasteiger partial charge in [-0.15, -0.1) is 0 Å². The van der Waals surface area contributed by atoms with Crippen LogP contribution in [0.25, 0.3) is 6.08 Å². The van der Waals surface area contributed by atoms with Gasteiger partial charge in [-0.05, 0) is 55.0 Å². The zero-order chi connectivity index (χ0) is 24.8. The van der Waals surface area contributed by atoms with Crippen LogP contribution < -0.4 is 19.7 Å². The number of urea groups is 1. The van der Waals surface area contributed by atoms with Gasteiger partial charge in [-0.1, -0.05) is 12.1 Å². The third-order valence-electron chi connectivity index (χ3n) is 5.42. The van der Waals surface area contributed by atoms with Crippen LogP contribution >= 0.6 is 0 Å². The van der Waals surface area contributed by atoms with Gasteiger partial charge in [0.1, 0.15) is 17.1 Å². The summed E-state index contributed by atoms with van der Waals surface area (Å²) in [7, 11) is 0. The average molecular weight is 479 g/mol. The van der Waals surface area contributed by atoms with Crippen molar-refractivity contribution < 1.29 is 33.4 Å². The molecule has 0 radical (unpaired) electrons. The first kappa shape index (κ1) is 24.0. The maximum absolute atomic E-state index is 13.0. The highest BCUT2D eigenvalue weighted by Crippen LogP contribution is 2.25. The number of imide groups is 2. The number of carbonyl (C=O) groups is 4. The van der Waals surface area contributed by atoms with E-state index in [1.54, 1.807) is 53.4 Å². The highest BCUT2D eigenvalue weighted by molar-refractivity contribution is 6.39. The Kier molecular flexibility index (Phi) is 7.41. The van der Waals surface area contributed by atoms with Crippen molar-refractivity contribution >= 4 is 35.5 Å². The normalized spacial score (nSPS) is 17.4. The van der Waals surface area contributed by atoms with Gasteiger partial charge in [0.25, 0.3) is 17.7 Å². The molecule has 182 valence electrons. The van der Waals surface area contributed by atoms with E-state index in [-0.39, 0.29) is 18.1 Å². The van der Waals surface area contributed by atoms with Crippen LogP contribution in [0, 0.1) is 0 Å². The number of benzene rings is 2. The Balaban J connectivity index is 1.44. The zero-order valence-corrected chi connectivity index (χ0v) is 19.2. The number of anilines is 1. The zero-order valence-electron chi connectivity index (χ0n) is 19.2. The van der Waals surface area contributed by atoms with Gasteiger partial charge in [0.05, 0.1) is 25.5 Å². The number of morpholine rings is 1. The fraction of sp³-hybridized carbons (Fsp3) is 0.280. The van der Waals surface area contributed by atoms with Gasteiger partial charge in [0.2, 0.25) is 0 Å². The molecule has 2 fully saturated rings. The molecule has 2 aliphatic heterocycles. The number of carbonyl (C=O) groups excluding carboxylic acids is 4. The number of barbiturate groups is 1. The van der Waals surface area contributed by atoms with Crippen molar-refractivity contribution in [1.29, 1.82) is 0 Å². The van der Waals surface area contributed by atoms with E-state index in [9.17, 15) is 19.2 Å². The average Bonchev–Trinajstić information content (AvgIpc) is 2.87. The first-order chi connectivity index (χ1) is 17.0. The number of amides is 5. The van der Waals surface area contributed by atoms with Gasteiger partial charge in [-0.3, -0.25) is 19.7 Å². The van der Waals surface area contributed by atoms with Gasteiger partial charge in [0, 0.05) is 13.1 Å². The molecule has 10 nitrogen and oxygen atoms in total. The lowest BCUT2D eigenvalue weighted by molar-refractivity contribution is -0.137. The summed E-state index contributed by atoms with van der Waals surface area (Å²) in [6.07, 6.45) is 1.40. The summed E-state index contributed by atoms with van der Waals surface area (Å²) in [5.41, 5.74) is 0.675. The number of hydrogen-bond acceptors (Lipinski definition) is 7.